The Bertz CT molecular complexity index is 749. The highest BCUT2D eigenvalue weighted by molar-refractivity contribution is 7.12. The molecule has 2 aromatic heterocycles. The normalized spacial score (nSPS) is 14.7. The summed E-state index contributed by atoms with van der Waals surface area (Å²) in [6.07, 6.45) is 4.41. The molecular formula is C16H17N3O4S. The van der Waals surface area contributed by atoms with E-state index in [0.29, 0.717) is 10.6 Å². The average Bonchev–Trinajstić information content (AvgIpc) is 3.05. The van der Waals surface area contributed by atoms with Crippen molar-refractivity contribution in [3.63, 3.8) is 0 Å². The minimum atomic E-state index is -1.07. The summed E-state index contributed by atoms with van der Waals surface area (Å²) < 4.78 is 6.98. The van der Waals surface area contributed by atoms with Crippen LogP contribution in [-0.2, 0) is 9.53 Å². The number of amides is 3. The number of hydrogen-bond acceptors (Lipinski definition) is 5. The first-order chi connectivity index (χ1) is 11.5. The first-order valence-electron chi connectivity index (χ1n) is 7.58. The molecule has 7 nitrogen and oxygen atoms in total. The van der Waals surface area contributed by atoms with Crippen molar-refractivity contribution in [1.29, 1.82) is 0 Å². The topological polar surface area (TPSA) is 89.4 Å². The lowest BCUT2D eigenvalue weighted by Crippen LogP contribution is -2.45. The van der Waals surface area contributed by atoms with Crippen LogP contribution in [0.5, 0.6) is 0 Å². The molecular weight excluding hydrogens is 330 g/mol. The second kappa shape index (κ2) is 6.88. The molecule has 126 valence electrons. The summed E-state index contributed by atoms with van der Waals surface area (Å²) in [5.41, 5.74) is 0.689. The summed E-state index contributed by atoms with van der Waals surface area (Å²) in [6.45, 7) is 1.43. The molecule has 1 aliphatic rings. The van der Waals surface area contributed by atoms with Crippen LogP contribution in [0.3, 0.4) is 0 Å². The second-order valence-electron chi connectivity index (χ2n) is 5.51. The Labute approximate surface area is 142 Å². The molecule has 2 aromatic rings. The zero-order valence-corrected chi connectivity index (χ0v) is 13.8. The van der Waals surface area contributed by atoms with Gasteiger partial charge in [-0.2, -0.15) is 0 Å². The molecule has 2 heterocycles. The number of esters is 1. The van der Waals surface area contributed by atoms with Crippen LogP contribution in [-0.4, -0.2) is 34.6 Å². The number of nitrogens with zero attached hydrogens (tertiary/aromatic N) is 1. The van der Waals surface area contributed by atoms with E-state index in [1.54, 1.807) is 16.0 Å². The van der Waals surface area contributed by atoms with E-state index in [4.69, 9.17) is 4.74 Å². The molecule has 0 aliphatic heterocycles. The van der Waals surface area contributed by atoms with Crippen LogP contribution in [0.15, 0.2) is 36.0 Å². The Morgan fingerprint density at radius 3 is 2.67 bits per heavy atom. The fraction of sp³-hybridized carbons (Fsp3) is 0.312. The van der Waals surface area contributed by atoms with Crippen molar-refractivity contribution in [2.45, 2.75) is 31.9 Å². The quantitative estimate of drug-likeness (QED) is 0.810. The largest absolute Gasteiger partial charge is 0.448 e. The number of rotatable bonds is 5. The number of carbonyl (C=O) groups excluding carboxylic acids is 3. The Morgan fingerprint density at radius 2 is 2.00 bits per heavy atom. The van der Waals surface area contributed by atoms with Gasteiger partial charge in [-0.25, -0.2) is 9.59 Å². The predicted octanol–water partition coefficient (Wildman–Crippen LogP) is 2.07. The van der Waals surface area contributed by atoms with E-state index in [1.165, 1.54) is 18.3 Å². The van der Waals surface area contributed by atoms with Gasteiger partial charge in [-0.15, -0.1) is 11.3 Å². The van der Waals surface area contributed by atoms with Crippen molar-refractivity contribution < 1.29 is 19.1 Å². The van der Waals surface area contributed by atoms with Crippen LogP contribution in [0.4, 0.5) is 4.79 Å². The second-order valence-corrected chi connectivity index (χ2v) is 6.43. The van der Waals surface area contributed by atoms with Gasteiger partial charge in [0.1, 0.15) is 4.88 Å². The highest BCUT2D eigenvalue weighted by atomic mass is 32.1. The minimum absolute atomic E-state index is 0.144. The Morgan fingerprint density at radius 1 is 1.29 bits per heavy atom. The fourth-order valence-corrected chi connectivity index (χ4v) is 2.86. The van der Waals surface area contributed by atoms with E-state index < -0.39 is 24.0 Å². The lowest BCUT2D eigenvalue weighted by molar-refractivity contribution is -0.127. The van der Waals surface area contributed by atoms with E-state index in [2.05, 4.69) is 10.6 Å². The average molecular weight is 347 g/mol. The summed E-state index contributed by atoms with van der Waals surface area (Å²) in [4.78, 5) is 36.2. The maximum absolute atomic E-state index is 12.3. The molecule has 0 saturated heterocycles. The van der Waals surface area contributed by atoms with Gasteiger partial charge in [0.15, 0.2) is 6.10 Å². The molecule has 0 aromatic carbocycles. The van der Waals surface area contributed by atoms with Gasteiger partial charge in [-0.1, -0.05) is 0 Å². The summed E-state index contributed by atoms with van der Waals surface area (Å²) in [6, 6.07) is 5.08. The smallest absolute Gasteiger partial charge is 0.351 e. The first-order valence-corrected chi connectivity index (χ1v) is 8.45. The van der Waals surface area contributed by atoms with E-state index in [1.807, 2.05) is 24.5 Å². The molecule has 0 radical (unpaired) electrons. The van der Waals surface area contributed by atoms with Gasteiger partial charge in [0, 0.05) is 18.4 Å². The van der Waals surface area contributed by atoms with Crippen LogP contribution < -0.4 is 10.6 Å². The molecule has 24 heavy (non-hydrogen) atoms. The van der Waals surface area contributed by atoms with Gasteiger partial charge in [0.05, 0.1) is 5.69 Å². The number of hydrogen-bond donors (Lipinski definition) is 2. The zero-order valence-electron chi connectivity index (χ0n) is 13.0. The molecule has 1 aliphatic carbocycles. The minimum Gasteiger partial charge on any atom is -0.448 e. The molecule has 0 spiro atoms. The number of nitrogens with one attached hydrogen (secondary N) is 2. The van der Waals surface area contributed by atoms with E-state index in [-0.39, 0.29) is 6.04 Å². The monoisotopic (exact) mass is 347 g/mol. The van der Waals surface area contributed by atoms with Gasteiger partial charge >= 0.3 is 12.0 Å². The number of urea groups is 1. The Kier molecular flexibility index (Phi) is 4.66. The number of thiophene rings is 1. The van der Waals surface area contributed by atoms with Crippen LogP contribution in [0.1, 0.15) is 29.4 Å². The molecule has 1 atom stereocenters. The Balaban J connectivity index is 1.59. The van der Waals surface area contributed by atoms with Crippen LogP contribution in [0, 0.1) is 0 Å². The summed E-state index contributed by atoms with van der Waals surface area (Å²) in [7, 11) is 0. The Hall–Kier alpha value is -2.61. The van der Waals surface area contributed by atoms with Crippen molar-refractivity contribution >= 4 is 29.2 Å². The third-order valence-corrected chi connectivity index (χ3v) is 4.40. The SMILES string of the molecule is C[C@@H](OC(=O)c1sccc1-n1cccc1)C(=O)NC(=O)NC1CC1. The summed E-state index contributed by atoms with van der Waals surface area (Å²) >= 11 is 1.23. The first kappa shape index (κ1) is 16.3. The molecule has 1 fully saturated rings. The highest BCUT2D eigenvalue weighted by Crippen LogP contribution is 2.23. The zero-order chi connectivity index (χ0) is 17.1. The molecule has 8 heteroatoms. The van der Waals surface area contributed by atoms with Crippen molar-refractivity contribution in [3.05, 3.63) is 40.8 Å². The number of imide groups is 1. The summed E-state index contributed by atoms with van der Waals surface area (Å²) in [5, 5.41) is 6.59. The van der Waals surface area contributed by atoms with E-state index in [9.17, 15) is 14.4 Å². The third kappa shape index (κ3) is 3.83. The van der Waals surface area contributed by atoms with Gasteiger partial charge in [-0.05, 0) is 43.3 Å². The molecule has 3 rings (SSSR count). The van der Waals surface area contributed by atoms with Gasteiger partial charge in [0.25, 0.3) is 5.91 Å². The molecule has 3 amide bonds. The van der Waals surface area contributed by atoms with Crippen LogP contribution in [0.2, 0.25) is 0 Å². The van der Waals surface area contributed by atoms with Gasteiger partial charge in [0.2, 0.25) is 0 Å². The predicted molar refractivity (Wildman–Crippen MR) is 88.2 cm³/mol. The van der Waals surface area contributed by atoms with Gasteiger partial charge < -0.3 is 14.6 Å². The van der Waals surface area contributed by atoms with Crippen LogP contribution in [0.25, 0.3) is 5.69 Å². The fourth-order valence-electron chi connectivity index (χ4n) is 2.08. The number of ether oxygens (including phenoxy) is 1. The lowest BCUT2D eigenvalue weighted by Gasteiger charge is -2.13. The molecule has 0 unspecified atom stereocenters. The van der Waals surface area contributed by atoms with Crippen LogP contribution >= 0.6 is 11.3 Å². The van der Waals surface area contributed by atoms with E-state index in [0.717, 1.165) is 12.8 Å². The number of aromatic nitrogens is 1. The highest BCUT2D eigenvalue weighted by Gasteiger charge is 2.27. The van der Waals surface area contributed by atoms with Crippen molar-refractivity contribution in [3.8, 4) is 5.69 Å². The summed E-state index contributed by atoms with van der Waals surface area (Å²) in [5.74, 6) is -1.25. The molecule has 1 saturated carbocycles. The standard InChI is InChI=1S/C16H17N3O4S/c1-10(14(20)18-16(22)17-11-4-5-11)23-15(21)13-12(6-9-24-13)19-7-2-3-8-19/h2-3,6-11H,4-5H2,1H3,(H2,17,18,20,22)/t10-/m1/s1. The maximum atomic E-state index is 12.3. The lowest BCUT2D eigenvalue weighted by atomic mass is 10.3. The molecule has 2 N–H and O–H groups in total. The van der Waals surface area contributed by atoms with Crippen molar-refractivity contribution in [2.24, 2.45) is 0 Å². The van der Waals surface area contributed by atoms with E-state index >= 15 is 0 Å². The number of carbonyl (C=O) groups is 3. The third-order valence-electron chi connectivity index (χ3n) is 3.51. The van der Waals surface area contributed by atoms with Crippen molar-refractivity contribution in [2.75, 3.05) is 0 Å². The maximum Gasteiger partial charge on any atom is 0.351 e. The van der Waals surface area contributed by atoms with Crippen molar-refractivity contribution in [1.82, 2.24) is 15.2 Å². The van der Waals surface area contributed by atoms with Gasteiger partial charge in [-0.3, -0.25) is 10.1 Å². The molecule has 0 bridgehead atoms.